The molecular weight excluding hydrogens is 556 g/mol. The highest BCUT2D eigenvalue weighted by atomic mass is 32.1. The number of aliphatic hydroxyl groups is 1. The van der Waals surface area contributed by atoms with E-state index in [1.807, 2.05) is 57.5 Å². The van der Waals surface area contributed by atoms with Gasteiger partial charge in [-0.1, -0.05) is 57.9 Å². The summed E-state index contributed by atoms with van der Waals surface area (Å²) in [7, 11) is 1.36. The average Bonchev–Trinajstić information content (AvgIpc) is 3.56. The first kappa shape index (κ1) is 33.2. The predicted molar refractivity (Wildman–Crippen MR) is 161 cm³/mol. The fourth-order valence-electron chi connectivity index (χ4n) is 5.02. The molecule has 1 aromatic carbocycles. The van der Waals surface area contributed by atoms with Gasteiger partial charge in [-0.15, -0.1) is 11.3 Å². The number of nitrogens with one attached hydrogen (secondary N) is 2. The Morgan fingerprint density at radius 1 is 1.10 bits per heavy atom. The number of nitrogens with zero attached hydrogens (tertiary/aromatic N) is 2. The second kappa shape index (κ2) is 15.2. The minimum atomic E-state index is -0.854. The minimum Gasteiger partial charge on any atom is -0.469 e. The van der Waals surface area contributed by atoms with Gasteiger partial charge in [0.25, 0.3) is 0 Å². The van der Waals surface area contributed by atoms with Gasteiger partial charge < -0.3 is 25.4 Å². The summed E-state index contributed by atoms with van der Waals surface area (Å²) in [5, 5.41) is 16.2. The maximum Gasteiger partial charge on any atom is 0.305 e. The smallest absolute Gasteiger partial charge is 0.305 e. The van der Waals surface area contributed by atoms with Crippen molar-refractivity contribution in [2.75, 3.05) is 13.7 Å². The van der Waals surface area contributed by atoms with Crippen molar-refractivity contribution >= 4 is 35.0 Å². The first-order chi connectivity index (χ1) is 19.9. The van der Waals surface area contributed by atoms with Crippen LogP contribution >= 0.6 is 11.3 Å². The maximum absolute atomic E-state index is 13.7. The van der Waals surface area contributed by atoms with Gasteiger partial charge in [-0.25, -0.2) is 4.98 Å². The summed E-state index contributed by atoms with van der Waals surface area (Å²) in [6.07, 6.45) is 2.86. The van der Waals surface area contributed by atoms with Gasteiger partial charge in [0.15, 0.2) is 0 Å². The lowest BCUT2D eigenvalue weighted by Crippen LogP contribution is -2.57. The molecule has 3 N–H and O–H groups in total. The van der Waals surface area contributed by atoms with E-state index in [0.29, 0.717) is 19.3 Å². The van der Waals surface area contributed by atoms with Gasteiger partial charge >= 0.3 is 5.97 Å². The van der Waals surface area contributed by atoms with Gasteiger partial charge in [-0.2, -0.15) is 0 Å². The number of hydrogen-bond donors (Lipinski definition) is 3. The summed E-state index contributed by atoms with van der Waals surface area (Å²) in [6, 6.07) is 6.21. The van der Waals surface area contributed by atoms with E-state index in [9.17, 15) is 24.3 Å². The third-order valence-electron chi connectivity index (χ3n) is 7.47. The van der Waals surface area contributed by atoms with Crippen molar-refractivity contribution in [3.63, 3.8) is 0 Å². The van der Waals surface area contributed by atoms with E-state index in [0.717, 1.165) is 34.5 Å². The van der Waals surface area contributed by atoms with Crippen LogP contribution in [0.15, 0.2) is 29.8 Å². The molecule has 1 fully saturated rings. The molecule has 3 rings (SSSR count). The number of aliphatic hydroxyl groups excluding tert-OH is 1. The lowest BCUT2D eigenvalue weighted by atomic mass is 9.85. The van der Waals surface area contributed by atoms with Crippen molar-refractivity contribution in [3.05, 3.63) is 41.0 Å². The Kier molecular flexibility index (Phi) is 12.0. The van der Waals surface area contributed by atoms with Gasteiger partial charge in [0.05, 0.1) is 29.3 Å². The molecule has 1 aromatic heterocycles. The molecule has 1 saturated heterocycles. The number of carbonyl (C=O) groups is 4. The lowest BCUT2D eigenvalue weighted by molar-refractivity contribution is -0.144. The summed E-state index contributed by atoms with van der Waals surface area (Å²) < 4.78 is 4.64. The third kappa shape index (κ3) is 9.35. The van der Waals surface area contributed by atoms with Gasteiger partial charge in [-0.3, -0.25) is 19.2 Å². The maximum atomic E-state index is 13.7. The number of rotatable bonds is 13. The molecule has 230 valence electrons. The number of thiazole rings is 1. The first-order valence-electron chi connectivity index (χ1n) is 14.5. The minimum absolute atomic E-state index is 0.0302. The fourth-order valence-corrected chi connectivity index (χ4v) is 5.84. The number of benzene rings is 1. The zero-order valence-electron chi connectivity index (χ0n) is 25.3. The number of β-amino-alcohol motifs (C(OH)–C–C–N with tert-alkyl or cyclic N) is 1. The molecule has 10 nitrogen and oxygen atoms in total. The standard InChI is InChI=1S/C31H44N4O6S/c1-20-27(42-19-33-20)22-14-12-21(13-15-22)17-32-29(39)24-16-23(36)18-35(24)30(40)28(31(2,3)4)34-25(37)10-8-6-7-9-11-26(38)41-5/h12-15,19,23-24,28,36H,6-11,16-18H2,1-5H3,(H,32,39)(H,34,37)/t23-,24+,28-/m1/s1. The zero-order chi connectivity index (χ0) is 30.9. The number of carbonyl (C=O) groups excluding carboxylic acids is 4. The number of ether oxygens (including phenoxy) is 1. The van der Waals surface area contributed by atoms with Crippen LogP contribution in [0.1, 0.15) is 77.0 Å². The van der Waals surface area contributed by atoms with Gasteiger partial charge in [0.1, 0.15) is 12.1 Å². The van der Waals surface area contributed by atoms with Crippen molar-refractivity contribution in [3.8, 4) is 10.4 Å². The van der Waals surface area contributed by atoms with E-state index in [2.05, 4.69) is 20.4 Å². The molecule has 0 unspecified atom stereocenters. The molecule has 0 bridgehead atoms. The van der Waals surface area contributed by atoms with Crippen LogP contribution in [0.25, 0.3) is 10.4 Å². The van der Waals surface area contributed by atoms with Crippen LogP contribution < -0.4 is 10.6 Å². The van der Waals surface area contributed by atoms with Crippen LogP contribution in [0.2, 0.25) is 0 Å². The fraction of sp³-hybridized carbons (Fsp3) is 0.581. The Balaban J connectivity index is 1.56. The number of unbranched alkanes of at least 4 members (excludes halogenated alkanes) is 3. The molecule has 3 atom stereocenters. The molecule has 3 amide bonds. The van der Waals surface area contributed by atoms with Crippen LogP contribution in [0.4, 0.5) is 0 Å². The number of aromatic nitrogens is 1. The Labute approximate surface area is 252 Å². The highest BCUT2D eigenvalue weighted by Gasteiger charge is 2.44. The summed E-state index contributed by atoms with van der Waals surface area (Å²) in [6.45, 7) is 7.87. The quantitative estimate of drug-likeness (QED) is 0.235. The topological polar surface area (TPSA) is 138 Å². The van der Waals surface area contributed by atoms with Gasteiger partial charge in [0, 0.05) is 32.4 Å². The largest absolute Gasteiger partial charge is 0.469 e. The molecule has 0 saturated carbocycles. The van der Waals surface area contributed by atoms with Gasteiger partial charge in [0.2, 0.25) is 17.7 Å². The van der Waals surface area contributed by atoms with E-state index in [4.69, 9.17) is 0 Å². The van der Waals surface area contributed by atoms with Crippen molar-refractivity contribution in [2.45, 2.75) is 97.4 Å². The van der Waals surface area contributed by atoms with Crippen molar-refractivity contribution < 1.29 is 29.0 Å². The van der Waals surface area contributed by atoms with E-state index in [-0.39, 0.29) is 49.6 Å². The molecule has 2 heterocycles. The average molecular weight is 601 g/mol. The molecule has 0 spiro atoms. The third-order valence-corrected chi connectivity index (χ3v) is 8.45. The second-order valence-electron chi connectivity index (χ2n) is 11.9. The second-order valence-corrected chi connectivity index (χ2v) is 12.8. The number of esters is 1. The SMILES string of the molecule is COC(=O)CCCCCCC(=O)N[C@H](C(=O)N1C[C@H](O)C[C@H]1C(=O)NCc1ccc(-c2scnc2C)cc1)C(C)(C)C. The Morgan fingerprint density at radius 2 is 1.76 bits per heavy atom. The number of aryl methyl sites for hydroxylation is 1. The highest BCUT2D eigenvalue weighted by molar-refractivity contribution is 7.13. The van der Waals surface area contributed by atoms with Crippen LogP contribution in [0.5, 0.6) is 0 Å². The van der Waals surface area contributed by atoms with Crippen LogP contribution in [0.3, 0.4) is 0 Å². The highest BCUT2D eigenvalue weighted by Crippen LogP contribution is 2.28. The van der Waals surface area contributed by atoms with Crippen molar-refractivity contribution in [1.82, 2.24) is 20.5 Å². The Hall–Kier alpha value is -3.31. The van der Waals surface area contributed by atoms with E-state index in [1.54, 1.807) is 11.3 Å². The Bertz CT molecular complexity index is 1220. The van der Waals surface area contributed by atoms with E-state index in [1.165, 1.54) is 12.0 Å². The Morgan fingerprint density at radius 3 is 2.36 bits per heavy atom. The molecule has 1 aliphatic rings. The van der Waals surface area contributed by atoms with Crippen LogP contribution in [0, 0.1) is 12.3 Å². The number of methoxy groups -OCH3 is 1. The summed E-state index contributed by atoms with van der Waals surface area (Å²) in [4.78, 5) is 57.7. The van der Waals surface area contributed by atoms with Crippen LogP contribution in [-0.4, -0.2) is 70.5 Å². The van der Waals surface area contributed by atoms with Crippen molar-refractivity contribution in [1.29, 1.82) is 0 Å². The molecule has 1 aliphatic heterocycles. The number of amides is 3. The van der Waals surface area contributed by atoms with Gasteiger partial charge in [-0.05, 0) is 36.3 Å². The molecule has 0 radical (unpaired) electrons. The summed E-state index contributed by atoms with van der Waals surface area (Å²) in [5.41, 5.74) is 4.16. The predicted octanol–water partition coefficient (Wildman–Crippen LogP) is 3.74. The van der Waals surface area contributed by atoms with Crippen molar-refractivity contribution in [2.24, 2.45) is 5.41 Å². The number of hydrogen-bond acceptors (Lipinski definition) is 8. The van der Waals surface area contributed by atoms with E-state index >= 15 is 0 Å². The molecule has 42 heavy (non-hydrogen) atoms. The molecule has 2 aromatic rings. The lowest BCUT2D eigenvalue weighted by Gasteiger charge is -2.35. The zero-order valence-corrected chi connectivity index (χ0v) is 26.1. The monoisotopic (exact) mass is 600 g/mol. The molecule has 0 aliphatic carbocycles. The summed E-state index contributed by atoms with van der Waals surface area (Å²) in [5.74, 6) is -1.20. The normalized spacial score (nSPS) is 17.5. The molecular formula is C31H44N4O6S. The first-order valence-corrected chi connectivity index (χ1v) is 15.4. The molecule has 11 heteroatoms. The van der Waals surface area contributed by atoms with E-state index < -0.39 is 23.6 Å². The summed E-state index contributed by atoms with van der Waals surface area (Å²) >= 11 is 1.58. The van der Waals surface area contributed by atoms with Crippen LogP contribution in [-0.2, 0) is 30.5 Å². The number of likely N-dealkylation sites (tertiary alicyclic amines) is 1.